The lowest BCUT2D eigenvalue weighted by molar-refractivity contribution is -0.137. The summed E-state index contributed by atoms with van der Waals surface area (Å²) >= 11 is 5.97. The minimum Gasteiger partial charge on any atom is -0.489 e. The van der Waals surface area contributed by atoms with Gasteiger partial charge in [0.05, 0.1) is 16.8 Å². The Labute approximate surface area is 196 Å². The summed E-state index contributed by atoms with van der Waals surface area (Å²) in [5.41, 5.74) is 0.614. The van der Waals surface area contributed by atoms with Gasteiger partial charge in [0.2, 0.25) is 0 Å². The predicted octanol–water partition coefficient (Wildman–Crippen LogP) is 5.27. The maximum atomic E-state index is 12.8. The maximum Gasteiger partial charge on any atom is 0.416 e. The Morgan fingerprint density at radius 2 is 1.74 bits per heavy atom. The molecule has 0 aliphatic heterocycles. The van der Waals surface area contributed by atoms with Gasteiger partial charge in [0, 0.05) is 5.02 Å². The average Bonchev–Trinajstić information content (AvgIpc) is 3.30. The van der Waals surface area contributed by atoms with Crippen molar-refractivity contribution >= 4 is 17.6 Å². The minimum atomic E-state index is -4.45. The van der Waals surface area contributed by atoms with Gasteiger partial charge in [-0.05, 0) is 70.6 Å². The standard InChI is InChI=1S/C23H16ClF3N4O3/c24-18-5-1-3-15(11-18)13-33-20-6-2-4-16(12-20)22(32)34-14-21-28-29-30-31(21)19-9-7-17(8-10-19)23(25,26)27/h1-12H,13-14H2. The van der Waals surface area contributed by atoms with Crippen LogP contribution in [0.4, 0.5) is 13.2 Å². The fourth-order valence-electron chi connectivity index (χ4n) is 3.01. The summed E-state index contributed by atoms with van der Waals surface area (Å²) in [5, 5.41) is 11.6. The number of benzene rings is 3. The highest BCUT2D eigenvalue weighted by molar-refractivity contribution is 6.30. The van der Waals surface area contributed by atoms with Gasteiger partial charge in [-0.3, -0.25) is 0 Å². The van der Waals surface area contributed by atoms with E-state index in [1.54, 1.807) is 30.3 Å². The first-order valence-corrected chi connectivity index (χ1v) is 10.3. The summed E-state index contributed by atoms with van der Waals surface area (Å²) in [6, 6.07) is 18.0. The molecule has 0 saturated carbocycles. The highest BCUT2D eigenvalue weighted by Crippen LogP contribution is 2.29. The van der Waals surface area contributed by atoms with Gasteiger partial charge in [-0.2, -0.15) is 17.9 Å². The molecule has 34 heavy (non-hydrogen) atoms. The van der Waals surface area contributed by atoms with Gasteiger partial charge in [-0.25, -0.2) is 4.79 Å². The summed E-state index contributed by atoms with van der Waals surface area (Å²) in [7, 11) is 0. The molecule has 11 heteroatoms. The van der Waals surface area contributed by atoms with Crippen LogP contribution >= 0.6 is 11.6 Å². The van der Waals surface area contributed by atoms with Crippen molar-refractivity contribution in [1.29, 1.82) is 0 Å². The summed E-state index contributed by atoms with van der Waals surface area (Å²) in [5.74, 6) is -0.0411. The third-order valence-electron chi connectivity index (χ3n) is 4.67. The maximum absolute atomic E-state index is 12.8. The highest BCUT2D eigenvalue weighted by Gasteiger charge is 2.30. The highest BCUT2D eigenvalue weighted by atomic mass is 35.5. The molecule has 3 aromatic carbocycles. The monoisotopic (exact) mass is 488 g/mol. The van der Waals surface area contributed by atoms with E-state index in [9.17, 15) is 18.0 Å². The van der Waals surface area contributed by atoms with Crippen LogP contribution in [0.15, 0.2) is 72.8 Å². The molecule has 7 nitrogen and oxygen atoms in total. The van der Waals surface area contributed by atoms with E-state index in [1.165, 1.54) is 22.9 Å². The van der Waals surface area contributed by atoms with E-state index in [4.69, 9.17) is 21.1 Å². The van der Waals surface area contributed by atoms with Crippen LogP contribution in [-0.4, -0.2) is 26.2 Å². The molecule has 0 N–H and O–H groups in total. The Balaban J connectivity index is 1.39. The average molecular weight is 489 g/mol. The van der Waals surface area contributed by atoms with Crippen LogP contribution in [0, 0.1) is 0 Å². The Morgan fingerprint density at radius 3 is 2.47 bits per heavy atom. The third-order valence-corrected chi connectivity index (χ3v) is 4.91. The first-order valence-electron chi connectivity index (χ1n) is 9.89. The molecule has 0 atom stereocenters. The summed E-state index contributed by atoms with van der Waals surface area (Å²) in [4.78, 5) is 12.5. The number of halogens is 4. The number of aromatic nitrogens is 4. The van der Waals surface area contributed by atoms with Crippen LogP contribution in [0.1, 0.15) is 27.3 Å². The van der Waals surface area contributed by atoms with Crippen LogP contribution < -0.4 is 4.74 Å². The molecule has 0 bridgehead atoms. The lowest BCUT2D eigenvalue weighted by Gasteiger charge is -2.10. The molecule has 0 unspecified atom stereocenters. The number of alkyl halides is 3. The molecule has 0 amide bonds. The molecule has 0 aliphatic rings. The summed E-state index contributed by atoms with van der Waals surface area (Å²) in [6.07, 6.45) is -4.45. The second kappa shape index (κ2) is 9.92. The van der Waals surface area contributed by atoms with E-state index < -0.39 is 17.7 Å². The SMILES string of the molecule is O=C(OCc1nnnn1-c1ccc(C(F)(F)F)cc1)c1cccc(OCc2cccc(Cl)c2)c1. The van der Waals surface area contributed by atoms with Crippen LogP contribution in [0.5, 0.6) is 5.75 Å². The second-order valence-corrected chi connectivity index (χ2v) is 7.51. The smallest absolute Gasteiger partial charge is 0.416 e. The van der Waals surface area contributed by atoms with Crippen LogP contribution in [-0.2, 0) is 24.1 Å². The van der Waals surface area contributed by atoms with Crippen molar-refractivity contribution in [3.8, 4) is 11.4 Å². The topological polar surface area (TPSA) is 79.1 Å². The van der Waals surface area contributed by atoms with E-state index in [0.29, 0.717) is 16.5 Å². The van der Waals surface area contributed by atoms with E-state index in [0.717, 1.165) is 17.7 Å². The number of rotatable bonds is 7. The largest absolute Gasteiger partial charge is 0.489 e. The molecule has 4 rings (SSSR count). The molecular weight excluding hydrogens is 473 g/mol. The molecule has 0 saturated heterocycles. The Morgan fingerprint density at radius 1 is 0.971 bits per heavy atom. The first-order chi connectivity index (χ1) is 16.3. The quantitative estimate of drug-likeness (QED) is 0.330. The first kappa shape index (κ1) is 23.2. The number of hydrogen-bond donors (Lipinski definition) is 0. The van der Waals surface area contributed by atoms with E-state index >= 15 is 0 Å². The van der Waals surface area contributed by atoms with Crippen molar-refractivity contribution in [2.45, 2.75) is 19.4 Å². The number of hydrogen-bond acceptors (Lipinski definition) is 6. The molecule has 4 aromatic rings. The molecule has 0 aliphatic carbocycles. The number of esters is 1. The zero-order valence-corrected chi connectivity index (χ0v) is 18.1. The lowest BCUT2D eigenvalue weighted by atomic mass is 10.2. The summed E-state index contributed by atoms with van der Waals surface area (Å²) < 4.78 is 50.5. The van der Waals surface area contributed by atoms with Gasteiger partial charge in [-0.1, -0.05) is 29.8 Å². The minimum absolute atomic E-state index is 0.140. The van der Waals surface area contributed by atoms with Crippen molar-refractivity contribution in [3.63, 3.8) is 0 Å². The predicted molar refractivity (Wildman–Crippen MR) is 116 cm³/mol. The Bertz CT molecular complexity index is 1290. The van der Waals surface area contributed by atoms with Gasteiger partial charge in [0.1, 0.15) is 12.4 Å². The van der Waals surface area contributed by atoms with Crippen LogP contribution in [0.3, 0.4) is 0 Å². The Kier molecular flexibility index (Phi) is 6.78. The molecule has 0 spiro atoms. The number of carbonyl (C=O) groups is 1. The van der Waals surface area contributed by atoms with Crippen LogP contribution in [0.25, 0.3) is 5.69 Å². The van der Waals surface area contributed by atoms with Gasteiger partial charge >= 0.3 is 12.1 Å². The number of nitrogens with zero attached hydrogens (tertiary/aromatic N) is 4. The van der Waals surface area contributed by atoms with E-state index in [1.807, 2.05) is 12.1 Å². The normalized spacial score (nSPS) is 11.3. The Hall–Kier alpha value is -3.92. The fraction of sp³-hybridized carbons (Fsp3) is 0.130. The van der Waals surface area contributed by atoms with Crippen molar-refractivity contribution in [1.82, 2.24) is 20.2 Å². The fourth-order valence-corrected chi connectivity index (χ4v) is 3.22. The molecule has 174 valence electrons. The van der Waals surface area contributed by atoms with E-state index in [-0.39, 0.29) is 24.6 Å². The molecule has 1 heterocycles. The second-order valence-electron chi connectivity index (χ2n) is 7.07. The molecule has 0 radical (unpaired) electrons. The number of carbonyl (C=O) groups excluding carboxylic acids is 1. The zero-order valence-electron chi connectivity index (χ0n) is 17.4. The van der Waals surface area contributed by atoms with Gasteiger partial charge in [-0.15, -0.1) is 5.10 Å². The number of tetrazole rings is 1. The molecule has 0 fully saturated rings. The van der Waals surface area contributed by atoms with Gasteiger partial charge in [0.25, 0.3) is 0 Å². The van der Waals surface area contributed by atoms with Crippen LogP contribution in [0.2, 0.25) is 5.02 Å². The molecular formula is C23H16ClF3N4O3. The van der Waals surface area contributed by atoms with E-state index in [2.05, 4.69) is 15.5 Å². The van der Waals surface area contributed by atoms with Gasteiger partial charge in [0.15, 0.2) is 12.4 Å². The van der Waals surface area contributed by atoms with Gasteiger partial charge < -0.3 is 9.47 Å². The van der Waals surface area contributed by atoms with Crippen molar-refractivity contribution < 1.29 is 27.4 Å². The zero-order chi connectivity index (χ0) is 24.1. The van der Waals surface area contributed by atoms with Crippen molar-refractivity contribution in [2.24, 2.45) is 0 Å². The third kappa shape index (κ3) is 5.70. The lowest BCUT2D eigenvalue weighted by Crippen LogP contribution is -2.11. The number of ether oxygens (including phenoxy) is 2. The molecule has 1 aromatic heterocycles. The van der Waals surface area contributed by atoms with Crippen molar-refractivity contribution in [2.75, 3.05) is 0 Å². The van der Waals surface area contributed by atoms with Crippen molar-refractivity contribution in [3.05, 3.63) is 100 Å². The summed E-state index contributed by atoms with van der Waals surface area (Å²) in [6.45, 7) is -0.0264.